The Kier molecular flexibility index (Phi) is 4.89. The zero-order valence-electron chi connectivity index (χ0n) is 11.2. The average Bonchev–Trinajstić information content (AvgIpc) is 2.88. The van der Waals surface area contributed by atoms with Gasteiger partial charge in [0.15, 0.2) is 11.5 Å². The van der Waals surface area contributed by atoms with E-state index < -0.39 is 0 Å². The number of urea groups is 1. The first-order chi connectivity index (χ1) is 9.29. The third kappa shape index (κ3) is 4.05. The van der Waals surface area contributed by atoms with Crippen LogP contribution in [0.4, 0.5) is 4.79 Å². The first kappa shape index (κ1) is 13.5. The standard InChI is InChI=1S/C14H20N2O3/c1-2-7-15-14(17)16-8-3-4-11-5-6-12-13(9-11)19-10-18-12/h5-6,9H,2-4,7-8,10H2,1H3,(H2,15,16,17). The van der Waals surface area contributed by atoms with Crippen LogP contribution in [0.1, 0.15) is 25.3 Å². The van der Waals surface area contributed by atoms with Gasteiger partial charge >= 0.3 is 6.03 Å². The van der Waals surface area contributed by atoms with Crippen molar-refractivity contribution in [3.05, 3.63) is 23.8 Å². The van der Waals surface area contributed by atoms with Crippen LogP contribution < -0.4 is 20.1 Å². The van der Waals surface area contributed by atoms with E-state index in [9.17, 15) is 4.79 Å². The van der Waals surface area contributed by atoms with E-state index in [0.29, 0.717) is 19.9 Å². The Morgan fingerprint density at radius 1 is 1.21 bits per heavy atom. The number of amides is 2. The zero-order chi connectivity index (χ0) is 13.5. The Bertz CT molecular complexity index is 435. The molecule has 1 aliphatic heterocycles. The fraction of sp³-hybridized carbons (Fsp3) is 0.500. The Morgan fingerprint density at radius 2 is 2.00 bits per heavy atom. The van der Waals surface area contributed by atoms with Crippen molar-refractivity contribution < 1.29 is 14.3 Å². The van der Waals surface area contributed by atoms with Gasteiger partial charge in [0, 0.05) is 13.1 Å². The molecule has 1 aliphatic rings. The molecule has 0 aromatic heterocycles. The van der Waals surface area contributed by atoms with Gasteiger partial charge in [-0.15, -0.1) is 0 Å². The third-order valence-electron chi connectivity index (χ3n) is 2.90. The number of hydrogen-bond donors (Lipinski definition) is 2. The first-order valence-electron chi connectivity index (χ1n) is 6.70. The molecule has 104 valence electrons. The van der Waals surface area contributed by atoms with Gasteiger partial charge in [-0.2, -0.15) is 0 Å². The second-order valence-electron chi connectivity index (χ2n) is 4.47. The lowest BCUT2D eigenvalue weighted by Crippen LogP contribution is -2.36. The summed E-state index contributed by atoms with van der Waals surface area (Å²) in [6.45, 7) is 3.72. The summed E-state index contributed by atoms with van der Waals surface area (Å²) < 4.78 is 10.6. The summed E-state index contributed by atoms with van der Waals surface area (Å²) in [5, 5.41) is 5.61. The van der Waals surface area contributed by atoms with E-state index >= 15 is 0 Å². The van der Waals surface area contributed by atoms with Crippen molar-refractivity contribution in [3.8, 4) is 11.5 Å². The molecule has 0 atom stereocenters. The number of hydrogen-bond acceptors (Lipinski definition) is 3. The van der Waals surface area contributed by atoms with Crippen LogP contribution >= 0.6 is 0 Å². The number of rotatable bonds is 6. The van der Waals surface area contributed by atoms with Crippen molar-refractivity contribution in [2.24, 2.45) is 0 Å². The number of ether oxygens (including phenoxy) is 2. The van der Waals surface area contributed by atoms with Crippen LogP contribution in [-0.2, 0) is 6.42 Å². The van der Waals surface area contributed by atoms with Crippen LogP contribution in [0.25, 0.3) is 0 Å². The van der Waals surface area contributed by atoms with Gasteiger partial charge in [0.05, 0.1) is 0 Å². The van der Waals surface area contributed by atoms with E-state index in [-0.39, 0.29) is 6.03 Å². The molecule has 2 N–H and O–H groups in total. The Hall–Kier alpha value is -1.91. The molecule has 5 nitrogen and oxygen atoms in total. The van der Waals surface area contributed by atoms with Crippen molar-refractivity contribution in [1.29, 1.82) is 0 Å². The molecule has 0 bridgehead atoms. The van der Waals surface area contributed by atoms with E-state index in [1.807, 2.05) is 25.1 Å². The smallest absolute Gasteiger partial charge is 0.314 e. The predicted octanol–water partition coefficient (Wildman–Crippen LogP) is 2.06. The minimum absolute atomic E-state index is 0.0902. The largest absolute Gasteiger partial charge is 0.454 e. The topological polar surface area (TPSA) is 59.6 Å². The van der Waals surface area contributed by atoms with Crippen molar-refractivity contribution >= 4 is 6.03 Å². The molecule has 0 unspecified atom stereocenters. The summed E-state index contributed by atoms with van der Waals surface area (Å²) in [7, 11) is 0. The van der Waals surface area contributed by atoms with Crippen LogP contribution in [0, 0.1) is 0 Å². The second-order valence-corrected chi connectivity index (χ2v) is 4.47. The summed E-state index contributed by atoms with van der Waals surface area (Å²) in [4.78, 5) is 11.3. The van der Waals surface area contributed by atoms with E-state index in [2.05, 4.69) is 10.6 Å². The highest BCUT2D eigenvalue weighted by molar-refractivity contribution is 5.73. The van der Waals surface area contributed by atoms with Gasteiger partial charge in [-0.05, 0) is 37.0 Å². The monoisotopic (exact) mass is 264 g/mol. The molecule has 2 rings (SSSR count). The summed E-state index contributed by atoms with van der Waals surface area (Å²) in [6, 6.07) is 5.87. The average molecular weight is 264 g/mol. The lowest BCUT2D eigenvalue weighted by atomic mass is 10.1. The molecule has 0 spiro atoms. The van der Waals surface area contributed by atoms with E-state index in [4.69, 9.17) is 9.47 Å². The normalized spacial score (nSPS) is 12.3. The van der Waals surface area contributed by atoms with Crippen molar-refractivity contribution in [2.75, 3.05) is 19.9 Å². The quantitative estimate of drug-likeness (QED) is 0.773. The van der Waals surface area contributed by atoms with Gasteiger partial charge in [-0.3, -0.25) is 0 Å². The lowest BCUT2D eigenvalue weighted by Gasteiger charge is -2.07. The zero-order valence-corrected chi connectivity index (χ0v) is 11.2. The van der Waals surface area contributed by atoms with Crippen molar-refractivity contribution in [2.45, 2.75) is 26.2 Å². The minimum atomic E-state index is -0.0902. The third-order valence-corrected chi connectivity index (χ3v) is 2.90. The van der Waals surface area contributed by atoms with Crippen LogP contribution in [0.3, 0.4) is 0 Å². The van der Waals surface area contributed by atoms with Gasteiger partial charge in [-0.25, -0.2) is 4.79 Å². The molecule has 1 aromatic rings. The number of nitrogens with one attached hydrogen (secondary N) is 2. The Morgan fingerprint density at radius 3 is 2.84 bits per heavy atom. The molecular formula is C14H20N2O3. The molecular weight excluding hydrogens is 244 g/mol. The number of carbonyl (C=O) groups is 1. The fourth-order valence-electron chi connectivity index (χ4n) is 1.89. The fourth-order valence-corrected chi connectivity index (χ4v) is 1.89. The van der Waals surface area contributed by atoms with Gasteiger partial charge in [0.25, 0.3) is 0 Å². The van der Waals surface area contributed by atoms with E-state index in [1.54, 1.807) is 0 Å². The molecule has 0 aliphatic carbocycles. The Labute approximate surface area is 113 Å². The maximum atomic E-state index is 11.3. The van der Waals surface area contributed by atoms with E-state index in [0.717, 1.165) is 30.8 Å². The van der Waals surface area contributed by atoms with Gasteiger partial charge in [0.1, 0.15) is 0 Å². The molecule has 0 radical (unpaired) electrons. The highest BCUT2D eigenvalue weighted by atomic mass is 16.7. The molecule has 19 heavy (non-hydrogen) atoms. The summed E-state index contributed by atoms with van der Waals surface area (Å²) >= 11 is 0. The molecule has 5 heteroatoms. The Balaban J connectivity index is 1.67. The summed E-state index contributed by atoms with van der Waals surface area (Å²) in [5.41, 5.74) is 1.19. The highest BCUT2D eigenvalue weighted by Crippen LogP contribution is 2.32. The van der Waals surface area contributed by atoms with Gasteiger partial charge < -0.3 is 20.1 Å². The molecule has 2 amide bonds. The summed E-state index contributed by atoms with van der Waals surface area (Å²) in [6.07, 6.45) is 2.76. The van der Waals surface area contributed by atoms with Crippen molar-refractivity contribution in [3.63, 3.8) is 0 Å². The van der Waals surface area contributed by atoms with Crippen molar-refractivity contribution in [1.82, 2.24) is 10.6 Å². The SMILES string of the molecule is CCCNC(=O)NCCCc1ccc2c(c1)OCO2. The molecule has 1 aromatic carbocycles. The van der Waals surface area contributed by atoms with Crippen LogP contribution in [0.2, 0.25) is 0 Å². The molecule has 0 fully saturated rings. The number of aryl methyl sites for hydroxylation is 1. The van der Waals surface area contributed by atoms with Crippen LogP contribution in [0.15, 0.2) is 18.2 Å². The predicted molar refractivity (Wildman–Crippen MR) is 72.6 cm³/mol. The maximum Gasteiger partial charge on any atom is 0.314 e. The number of carbonyl (C=O) groups excluding carboxylic acids is 1. The number of benzene rings is 1. The number of fused-ring (bicyclic) bond motifs is 1. The summed E-state index contributed by atoms with van der Waals surface area (Å²) in [5.74, 6) is 1.62. The van der Waals surface area contributed by atoms with Crippen LogP contribution in [0.5, 0.6) is 11.5 Å². The first-order valence-corrected chi connectivity index (χ1v) is 6.70. The molecule has 0 saturated heterocycles. The minimum Gasteiger partial charge on any atom is -0.454 e. The second kappa shape index (κ2) is 6.87. The maximum absolute atomic E-state index is 11.3. The van der Waals surface area contributed by atoms with Gasteiger partial charge in [-0.1, -0.05) is 13.0 Å². The molecule has 1 heterocycles. The highest BCUT2D eigenvalue weighted by Gasteiger charge is 2.12. The lowest BCUT2D eigenvalue weighted by molar-refractivity contribution is 0.174. The van der Waals surface area contributed by atoms with E-state index in [1.165, 1.54) is 5.56 Å². The van der Waals surface area contributed by atoms with Crippen LogP contribution in [-0.4, -0.2) is 25.9 Å². The van der Waals surface area contributed by atoms with Gasteiger partial charge in [0.2, 0.25) is 6.79 Å². The molecule has 0 saturated carbocycles.